The fourth-order valence-corrected chi connectivity index (χ4v) is 3.75. The summed E-state index contributed by atoms with van der Waals surface area (Å²) in [4.78, 5) is 4.67. The van der Waals surface area contributed by atoms with Gasteiger partial charge in [-0.2, -0.15) is 0 Å². The Labute approximate surface area is 160 Å². The summed E-state index contributed by atoms with van der Waals surface area (Å²) < 4.78 is 16.3. The Hall–Kier alpha value is -2.01. The lowest BCUT2D eigenvalue weighted by Gasteiger charge is -2.01. The molecular weight excluding hydrogens is 378 g/mol. The van der Waals surface area contributed by atoms with Crippen molar-refractivity contribution in [3.05, 3.63) is 83.4 Å². The minimum absolute atomic E-state index is 0. The standard InChI is InChI=1S/C19H13ClFN2S.ClH/c20-16-11-15(21)6-5-14(16)12-23-9-7-13(8-10-23)19-22-17-3-1-2-4-18(17)24-19;/h1-11H,12H2;1H/q+1;/p-1. The van der Waals surface area contributed by atoms with Crippen LogP contribution in [0.2, 0.25) is 5.02 Å². The summed E-state index contributed by atoms with van der Waals surface area (Å²) in [5.74, 6) is -0.320. The summed E-state index contributed by atoms with van der Waals surface area (Å²) in [6.45, 7) is 0.596. The van der Waals surface area contributed by atoms with Gasteiger partial charge in [-0.25, -0.2) is 13.9 Å². The molecular formula is C19H13Cl2FN2S. The maximum absolute atomic E-state index is 13.1. The van der Waals surface area contributed by atoms with Crippen molar-refractivity contribution in [1.29, 1.82) is 0 Å². The highest BCUT2D eigenvalue weighted by atomic mass is 35.5. The first-order valence-corrected chi connectivity index (χ1v) is 8.67. The van der Waals surface area contributed by atoms with Crippen LogP contribution in [0.3, 0.4) is 0 Å². The second-order valence-electron chi connectivity index (χ2n) is 5.48. The number of hydrogen-bond donors (Lipinski definition) is 0. The van der Waals surface area contributed by atoms with Crippen molar-refractivity contribution < 1.29 is 21.4 Å². The fraction of sp³-hybridized carbons (Fsp3) is 0.0526. The number of hydrogen-bond acceptors (Lipinski definition) is 2. The maximum atomic E-state index is 13.1. The molecule has 0 amide bonds. The van der Waals surface area contributed by atoms with Gasteiger partial charge in [0.2, 0.25) is 0 Å². The third kappa shape index (κ3) is 3.82. The summed E-state index contributed by atoms with van der Waals surface area (Å²) >= 11 is 7.77. The molecule has 0 radical (unpaired) electrons. The molecule has 2 nitrogen and oxygen atoms in total. The molecule has 2 aromatic carbocycles. The summed E-state index contributed by atoms with van der Waals surface area (Å²) in [6, 6.07) is 16.7. The van der Waals surface area contributed by atoms with Gasteiger partial charge in [0, 0.05) is 23.3 Å². The van der Waals surface area contributed by atoms with Crippen molar-refractivity contribution in [2.75, 3.05) is 0 Å². The highest BCUT2D eigenvalue weighted by Gasteiger charge is 2.10. The zero-order chi connectivity index (χ0) is 16.5. The van der Waals surface area contributed by atoms with Crippen LogP contribution in [0.5, 0.6) is 0 Å². The molecule has 0 unspecified atom stereocenters. The van der Waals surface area contributed by atoms with Gasteiger partial charge in [-0.3, -0.25) is 0 Å². The van der Waals surface area contributed by atoms with E-state index in [0.29, 0.717) is 11.6 Å². The van der Waals surface area contributed by atoms with E-state index in [9.17, 15) is 4.39 Å². The van der Waals surface area contributed by atoms with Gasteiger partial charge in [-0.15, -0.1) is 11.3 Å². The molecule has 0 fully saturated rings. The van der Waals surface area contributed by atoms with Gasteiger partial charge in [-0.1, -0.05) is 23.7 Å². The number of halogens is 3. The second-order valence-corrected chi connectivity index (χ2v) is 6.92. The van der Waals surface area contributed by atoms with Crippen molar-refractivity contribution >= 4 is 33.2 Å². The van der Waals surface area contributed by atoms with Crippen LogP contribution in [0, 0.1) is 5.82 Å². The maximum Gasteiger partial charge on any atom is 0.175 e. The SMILES string of the molecule is Fc1ccc(C[n+]2ccc(-c3nc4ccccc4s3)cc2)c(Cl)c1.[Cl-]. The first kappa shape index (κ1) is 17.8. The van der Waals surface area contributed by atoms with Crippen LogP contribution in [0.1, 0.15) is 5.56 Å². The minimum Gasteiger partial charge on any atom is -1.00 e. The van der Waals surface area contributed by atoms with Gasteiger partial charge in [0.1, 0.15) is 10.8 Å². The molecule has 0 saturated carbocycles. The minimum atomic E-state index is -0.320. The molecule has 2 heterocycles. The molecule has 4 rings (SSSR count). The van der Waals surface area contributed by atoms with E-state index >= 15 is 0 Å². The van der Waals surface area contributed by atoms with Crippen molar-refractivity contribution in [2.24, 2.45) is 0 Å². The number of pyridine rings is 1. The highest BCUT2D eigenvalue weighted by molar-refractivity contribution is 7.21. The number of fused-ring (bicyclic) bond motifs is 1. The van der Waals surface area contributed by atoms with E-state index in [-0.39, 0.29) is 18.2 Å². The summed E-state index contributed by atoms with van der Waals surface area (Å²) in [7, 11) is 0. The Balaban J connectivity index is 0.00000182. The van der Waals surface area contributed by atoms with Crippen LogP contribution < -0.4 is 17.0 Å². The van der Waals surface area contributed by atoms with E-state index in [1.54, 1.807) is 17.4 Å². The quantitative estimate of drug-likeness (QED) is 0.489. The molecule has 0 aliphatic carbocycles. The van der Waals surface area contributed by atoms with Gasteiger partial charge in [-0.05, 0) is 30.3 Å². The van der Waals surface area contributed by atoms with Crippen LogP contribution in [0.25, 0.3) is 20.8 Å². The third-order valence-electron chi connectivity index (χ3n) is 3.80. The van der Waals surface area contributed by atoms with E-state index in [4.69, 9.17) is 11.6 Å². The van der Waals surface area contributed by atoms with Crippen LogP contribution in [0.4, 0.5) is 4.39 Å². The zero-order valence-corrected chi connectivity index (χ0v) is 15.3. The van der Waals surface area contributed by atoms with E-state index < -0.39 is 0 Å². The zero-order valence-electron chi connectivity index (χ0n) is 13.0. The topological polar surface area (TPSA) is 16.8 Å². The number of nitrogens with zero attached hydrogens (tertiary/aromatic N) is 2. The van der Waals surface area contributed by atoms with Gasteiger partial charge < -0.3 is 12.4 Å². The van der Waals surface area contributed by atoms with Crippen LogP contribution in [-0.4, -0.2) is 4.98 Å². The van der Waals surface area contributed by atoms with Gasteiger partial charge in [0.25, 0.3) is 0 Å². The van der Waals surface area contributed by atoms with Gasteiger partial charge in [0.05, 0.1) is 15.2 Å². The highest BCUT2D eigenvalue weighted by Crippen LogP contribution is 2.29. The molecule has 0 bridgehead atoms. The summed E-state index contributed by atoms with van der Waals surface area (Å²) in [5, 5.41) is 1.45. The van der Waals surface area contributed by atoms with Crippen LogP contribution in [-0.2, 0) is 6.54 Å². The molecule has 126 valence electrons. The van der Waals surface area contributed by atoms with E-state index in [1.165, 1.54) is 16.8 Å². The van der Waals surface area contributed by atoms with E-state index in [1.807, 2.05) is 47.3 Å². The molecule has 2 aromatic heterocycles. The average Bonchev–Trinajstić information content (AvgIpc) is 3.02. The molecule has 0 N–H and O–H groups in total. The second kappa shape index (κ2) is 7.48. The Morgan fingerprint density at radius 2 is 1.80 bits per heavy atom. The number of aromatic nitrogens is 2. The Bertz CT molecular complexity index is 983. The van der Waals surface area contributed by atoms with Crippen molar-refractivity contribution in [1.82, 2.24) is 4.98 Å². The first-order valence-electron chi connectivity index (χ1n) is 7.48. The fourth-order valence-electron chi connectivity index (χ4n) is 2.55. The van der Waals surface area contributed by atoms with Crippen LogP contribution >= 0.6 is 22.9 Å². The lowest BCUT2D eigenvalue weighted by atomic mass is 10.2. The molecule has 0 spiro atoms. The summed E-state index contributed by atoms with van der Waals surface area (Å²) in [5.41, 5.74) is 2.99. The molecule has 0 aliphatic heterocycles. The number of rotatable bonds is 3. The number of benzene rings is 2. The molecule has 0 atom stereocenters. The predicted molar refractivity (Wildman–Crippen MR) is 95.8 cm³/mol. The molecule has 6 heteroatoms. The monoisotopic (exact) mass is 390 g/mol. The first-order chi connectivity index (χ1) is 11.7. The largest absolute Gasteiger partial charge is 1.00 e. The molecule has 4 aromatic rings. The van der Waals surface area contributed by atoms with E-state index in [2.05, 4.69) is 11.1 Å². The predicted octanol–water partition coefficient (Wildman–Crippen LogP) is 2.10. The number of thiazole rings is 1. The third-order valence-corrected chi connectivity index (χ3v) is 5.24. The lowest BCUT2D eigenvalue weighted by molar-refractivity contribution is -0.688. The lowest BCUT2D eigenvalue weighted by Crippen LogP contribution is -3.00. The van der Waals surface area contributed by atoms with Crippen molar-refractivity contribution in [3.8, 4) is 10.6 Å². The van der Waals surface area contributed by atoms with Crippen molar-refractivity contribution in [3.63, 3.8) is 0 Å². The van der Waals surface area contributed by atoms with Gasteiger partial charge >= 0.3 is 0 Å². The van der Waals surface area contributed by atoms with E-state index in [0.717, 1.165) is 21.7 Å². The molecule has 0 aliphatic rings. The summed E-state index contributed by atoms with van der Waals surface area (Å²) in [6.07, 6.45) is 3.97. The van der Waals surface area contributed by atoms with Crippen LogP contribution in [0.15, 0.2) is 67.0 Å². The Morgan fingerprint density at radius 1 is 1.04 bits per heavy atom. The normalized spacial score (nSPS) is 10.6. The van der Waals surface area contributed by atoms with Crippen molar-refractivity contribution in [2.45, 2.75) is 6.54 Å². The Morgan fingerprint density at radius 3 is 2.52 bits per heavy atom. The smallest absolute Gasteiger partial charge is 0.175 e. The number of para-hydroxylation sites is 1. The molecule has 25 heavy (non-hydrogen) atoms. The van der Waals surface area contributed by atoms with Gasteiger partial charge in [0.15, 0.2) is 18.9 Å². The Kier molecular flexibility index (Phi) is 5.33. The molecule has 0 saturated heterocycles. The average molecular weight is 391 g/mol.